The molecule has 2 amide bonds. The van der Waals surface area contributed by atoms with E-state index in [0.29, 0.717) is 46.7 Å². The molecule has 0 atom stereocenters. The number of amides is 2. The van der Waals surface area contributed by atoms with Gasteiger partial charge < -0.3 is 15.5 Å². The van der Waals surface area contributed by atoms with Crippen LogP contribution in [0.3, 0.4) is 0 Å². The molecule has 0 aromatic carbocycles. The molecule has 1 aliphatic heterocycles. The summed E-state index contributed by atoms with van der Waals surface area (Å²) in [6.07, 6.45) is 5.90. The second-order valence-corrected chi connectivity index (χ2v) is 9.26. The second kappa shape index (κ2) is 8.81. The zero-order chi connectivity index (χ0) is 22.8. The van der Waals surface area contributed by atoms with Gasteiger partial charge in [0.1, 0.15) is 27.2 Å². The van der Waals surface area contributed by atoms with Crippen LogP contribution in [0, 0.1) is 5.82 Å². The number of rotatable bonds is 6. The van der Waals surface area contributed by atoms with Gasteiger partial charge in [0.15, 0.2) is 0 Å². The van der Waals surface area contributed by atoms with Crippen LogP contribution in [0.5, 0.6) is 0 Å². The lowest BCUT2D eigenvalue weighted by Crippen LogP contribution is -2.49. The van der Waals surface area contributed by atoms with Gasteiger partial charge in [-0.05, 0) is 37.1 Å². The molecular formula is C22H22FN7O2S. The van der Waals surface area contributed by atoms with Crippen LogP contribution >= 0.6 is 11.3 Å². The molecule has 0 unspecified atom stereocenters. The van der Waals surface area contributed by atoms with Gasteiger partial charge in [-0.2, -0.15) is 0 Å². The number of piperazine rings is 1. The summed E-state index contributed by atoms with van der Waals surface area (Å²) in [6.45, 7) is 1.50. The first-order valence-corrected chi connectivity index (χ1v) is 11.6. The lowest BCUT2D eigenvalue weighted by atomic mass is 9.66. The number of anilines is 1. The number of carbonyl (C=O) groups is 2. The molecule has 2 aliphatic rings. The molecule has 2 N–H and O–H groups in total. The maximum Gasteiger partial charge on any atom is 0.266 e. The molecule has 0 spiro atoms. The van der Waals surface area contributed by atoms with E-state index in [9.17, 15) is 14.0 Å². The SMILES string of the molecule is O=C1CN(C(=O)c2cnc(-c3ccc(NCC4(c5ncccc5F)CCC4)nn3)s2)CCN1. The van der Waals surface area contributed by atoms with E-state index < -0.39 is 0 Å². The molecule has 4 heterocycles. The Hall–Kier alpha value is -3.47. The van der Waals surface area contributed by atoms with Gasteiger partial charge >= 0.3 is 0 Å². The van der Waals surface area contributed by atoms with E-state index in [2.05, 4.69) is 30.8 Å². The predicted octanol–water partition coefficient (Wildman–Crippen LogP) is 2.24. The minimum atomic E-state index is -0.332. The van der Waals surface area contributed by atoms with Crippen molar-refractivity contribution in [2.45, 2.75) is 24.7 Å². The zero-order valence-corrected chi connectivity index (χ0v) is 18.6. The minimum Gasteiger partial charge on any atom is -0.368 e. The van der Waals surface area contributed by atoms with Gasteiger partial charge in [0.25, 0.3) is 5.91 Å². The Balaban J connectivity index is 1.24. The van der Waals surface area contributed by atoms with Crippen LogP contribution in [0.4, 0.5) is 10.2 Å². The van der Waals surface area contributed by atoms with Crippen LogP contribution < -0.4 is 10.6 Å². The van der Waals surface area contributed by atoms with Gasteiger partial charge in [-0.15, -0.1) is 21.5 Å². The van der Waals surface area contributed by atoms with E-state index in [1.807, 2.05) is 0 Å². The van der Waals surface area contributed by atoms with Crippen molar-refractivity contribution in [1.29, 1.82) is 0 Å². The molecule has 3 aromatic heterocycles. The van der Waals surface area contributed by atoms with Crippen LogP contribution in [-0.2, 0) is 10.2 Å². The normalized spacial score (nSPS) is 17.2. The number of nitrogens with zero attached hydrogens (tertiary/aromatic N) is 5. The van der Waals surface area contributed by atoms with Crippen molar-refractivity contribution in [3.05, 3.63) is 53.0 Å². The number of thiazole rings is 1. The van der Waals surface area contributed by atoms with Gasteiger partial charge in [0.2, 0.25) is 5.91 Å². The molecule has 1 saturated carbocycles. The van der Waals surface area contributed by atoms with Gasteiger partial charge in [0, 0.05) is 31.2 Å². The van der Waals surface area contributed by atoms with Crippen LogP contribution in [0.25, 0.3) is 10.7 Å². The van der Waals surface area contributed by atoms with Crippen LogP contribution in [0.2, 0.25) is 0 Å². The smallest absolute Gasteiger partial charge is 0.266 e. The van der Waals surface area contributed by atoms with Gasteiger partial charge in [-0.1, -0.05) is 6.42 Å². The third-order valence-corrected chi connectivity index (χ3v) is 7.11. The van der Waals surface area contributed by atoms with Crippen LogP contribution in [0.1, 0.15) is 34.6 Å². The first-order chi connectivity index (χ1) is 16.0. The van der Waals surface area contributed by atoms with E-state index in [4.69, 9.17) is 0 Å². The summed E-state index contributed by atoms with van der Waals surface area (Å²) in [5, 5.41) is 15.0. The van der Waals surface area contributed by atoms with Crippen molar-refractivity contribution >= 4 is 29.0 Å². The lowest BCUT2D eigenvalue weighted by molar-refractivity contribution is -0.123. The van der Waals surface area contributed by atoms with Gasteiger partial charge in [0.05, 0.1) is 18.4 Å². The maximum atomic E-state index is 14.3. The summed E-state index contributed by atoms with van der Waals surface area (Å²) < 4.78 is 14.3. The molecule has 2 fully saturated rings. The van der Waals surface area contributed by atoms with E-state index in [1.165, 1.54) is 28.5 Å². The van der Waals surface area contributed by atoms with Crippen molar-refractivity contribution in [3.8, 4) is 10.7 Å². The topological polar surface area (TPSA) is 113 Å². The molecule has 170 valence electrons. The molecule has 0 bridgehead atoms. The zero-order valence-electron chi connectivity index (χ0n) is 17.8. The second-order valence-electron chi connectivity index (χ2n) is 8.23. The average Bonchev–Trinajstić information content (AvgIpc) is 3.30. The van der Waals surface area contributed by atoms with E-state index in [0.717, 1.165) is 19.3 Å². The fourth-order valence-corrected chi connectivity index (χ4v) is 4.99. The molecule has 1 saturated heterocycles. The Labute approximate surface area is 193 Å². The highest BCUT2D eigenvalue weighted by molar-refractivity contribution is 7.16. The first kappa shape index (κ1) is 21.4. The minimum absolute atomic E-state index is 0.0517. The summed E-state index contributed by atoms with van der Waals surface area (Å²) >= 11 is 1.22. The molecule has 11 heteroatoms. The Morgan fingerprint density at radius 3 is 2.82 bits per heavy atom. The number of carbonyl (C=O) groups excluding carboxylic acids is 2. The summed E-state index contributed by atoms with van der Waals surface area (Å²) in [5.74, 6) is -0.0801. The number of pyridine rings is 1. The molecule has 3 aromatic rings. The largest absolute Gasteiger partial charge is 0.368 e. The van der Waals surface area contributed by atoms with Crippen molar-refractivity contribution in [2.24, 2.45) is 0 Å². The highest BCUT2D eigenvalue weighted by atomic mass is 32.1. The molecule has 9 nitrogen and oxygen atoms in total. The Morgan fingerprint density at radius 1 is 1.24 bits per heavy atom. The van der Waals surface area contributed by atoms with Crippen molar-refractivity contribution < 1.29 is 14.0 Å². The fraction of sp³-hybridized carbons (Fsp3) is 0.364. The predicted molar refractivity (Wildman–Crippen MR) is 120 cm³/mol. The summed E-state index contributed by atoms with van der Waals surface area (Å²) in [5.41, 5.74) is 0.719. The van der Waals surface area contributed by atoms with Crippen molar-refractivity contribution in [1.82, 2.24) is 30.4 Å². The van der Waals surface area contributed by atoms with E-state index in [1.54, 1.807) is 24.4 Å². The fourth-order valence-electron chi connectivity index (χ4n) is 4.14. The number of hydrogen-bond donors (Lipinski definition) is 2. The number of hydrogen-bond acceptors (Lipinski definition) is 8. The first-order valence-electron chi connectivity index (χ1n) is 10.7. The monoisotopic (exact) mass is 467 g/mol. The molecule has 33 heavy (non-hydrogen) atoms. The molecule has 0 radical (unpaired) electrons. The molecule has 1 aliphatic carbocycles. The Bertz CT molecular complexity index is 1180. The Kier molecular flexibility index (Phi) is 5.71. The van der Waals surface area contributed by atoms with Gasteiger partial charge in [-0.25, -0.2) is 9.37 Å². The highest BCUT2D eigenvalue weighted by Crippen LogP contribution is 2.43. The standard InChI is InChI=1S/C22H22FN7O2S/c23-14-3-1-8-25-19(14)22(6-2-7-22)13-27-17-5-4-15(28-29-17)20-26-11-16(33-20)21(32)30-10-9-24-18(31)12-30/h1,3-5,8,11H,2,6-7,9-10,12-13H2,(H,24,31)(H,27,29). The van der Waals surface area contributed by atoms with Crippen LogP contribution in [0.15, 0.2) is 36.7 Å². The van der Waals surface area contributed by atoms with Crippen LogP contribution in [-0.4, -0.2) is 63.1 Å². The average molecular weight is 468 g/mol. The van der Waals surface area contributed by atoms with Crippen molar-refractivity contribution in [3.63, 3.8) is 0 Å². The summed E-state index contributed by atoms with van der Waals surface area (Å²) in [6, 6.07) is 6.63. The number of aromatic nitrogens is 4. The van der Waals surface area contributed by atoms with E-state index >= 15 is 0 Å². The number of halogens is 1. The van der Waals surface area contributed by atoms with Gasteiger partial charge in [-0.3, -0.25) is 14.6 Å². The Morgan fingerprint density at radius 2 is 2.12 bits per heavy atom. The number of nitrogens with one attached hydrogen (secondary N) is 2. The van der Waals surface area contributed by atoms with E-state index in [-0.39, 0.29) is 29.6 Å². The molecule has 5 rings (SSSR count). The third-order valence-electron chi connectivity index (χ3n) is 6.11. The highest BCUT2D eigenvalue weighted by Gasteiger charge is 2.41. The molecular weight excluding hydrogens is 445 g/mol. The van der Waals surface area contributed by atoms with Crippen molar-refractivity contribution in [2.75, 3.05) is 31.5 Å². The summed E-state index contributed by atoms with van der Waals surface area (Å²) in [7, 11) is 0. The lowest BCUT2D eigenvalue weighted by Gasteiger charge is -2.41. The summed E-state index contributed by atoms with van der Waals surface area (Å²) in [4.78, 5) is 34.7. The maximum absolute atomic E-state index is 14.3. The third kappa shape index (κ3) is 4.28. The quantitative estimate of drug-likeness (QED) is 0.572.